The minimum atomic E-state index is 0.223. The van der Waals surface area contributed by atoms with Crippen LogP contribution >= 0.6 is 11.3 Å². The maximum atomic E-state index is 4.30. The number of rotatable bonds is 1. The van der Waals surface area contributed by atoms with E-state index in [-0.39, 0.29) is 5.41 Å². The van der Waals surface area contributed by atoms with Crippen molar-refractivity contribution in [3.8, 4) is 11.3 Å². The largest absolute Gasteiger partial charge is 0.245 e. The third kappa shape index (κ3) is 2.26. The summed E-state index contributed by atoms with van der Waals surface area (Å²) in [5.41, 5.74) is 5.72. The van der Waals surface area contributed by atoms with E-state index in [0.717, 1.165) is 5.69 Å². The van der Waals surface area contributed by atoms with Crippen LogP contribution in [0.4, 0.5) is 0 Å². The summed E-state index contributed by atoms with van der Waals surface area (Å²) in [6.45, 7) is 6.68. The molecule has 15 heavy (non-hydrogen) atoms. The summed E-state index contributed by atoms with van der Waals surface area (Å²) in [5, 5.41) is 2.08. The lowest BCUT2D eigenvalue weighted by Gasteiger charge is -2.18. The predicted molar refractivity (Wildman–Crippen MR) is 66.3 cm³/mol. The van der Waals surface area contributed by atoms with Gasteiger partial charge in [0.05, 0.1) is 11.2 Å². The van der Waals surface area contributed by atoms with E-state index in [0.29, 0.717) is 0 Å². The molecule has 0 aliphatic rings. The topological polar surface area (TPSA) is 12.9 Å². The van der Waals surface area contributed by atoms with E-state index in [1.54, 1.807) is 11.3 Å². The molecule has 0 saturated carbocycles. The molecule has 0 unspecified atom stereocenters. The molecule has 1 aromatic heterocycles. The van der Waals surface area contributed by atoms with Crippen LogP contribution in [0.25, 0.3) is 11.3 Å². The van der Waals surface area contributed by atoms with Crippen molar-refractivity contribution in [1.29, 1.82) is 0 Å². The lowest BCUT2D eigenvalue weighted by molar-refractivity contribution is 0.590. The van der Waals surface area contributed by atoms with Gasteiger partial charge in [-0.1, -0.05) is 45.0 Å². The first-order chi connectivity index (χ1) is 7.07. The highest BCUT2D eigenvalue weighted by atomic mass is 32.1. The van der Waals surface area contributed by atoms with Crippen molar-refractivity contribution in [1.82, 2.24) is 4.98 Å². The highest BCUT2D eigenvalue weighted by molar-refractivity contribution is 7.07. The number of thiazole rings is 1. The number of hydrogen-bond acceptors (Lipinski definition) is 2. The Morgan fingerprint density at radius 3 is 2.20 bits per heavy atom. The first-order valence-electron chi connectivity index (χ1n) is 5.06. The Balaban J connectivity index is 2.33. The van der Waals surface area contributed by atoms with Gasteiger partial charge in [-0.3, -0.25) is 0 Å². The summed E-state index contributed by atoms with van der Waals surface area (Å²) >= 11 is 1.63. The third-order valence-electron chi connectivity index (χ3n) is 2.48. The summed E-state index contributed by atoms with van der Waals surface area (Å²) in [6.07, 6.45) is 0. The highest BCUT2D eigenvalue weighted by Gasteiger charge is 2.13. The van der Waals surface area contributed by atoms with Crippen LogP contribution in [0.15, 0.2) is 35.2 Å². The van der Waals surface area contributed by atoms with E-state index in [1.807, 2.05) is 5.51 Å². The van der Waals surface area contributed by atoms with Crippen LogP contribution in [0.1, 0.15) is 26.3 Å². The van der Waals surface area contributed by atoms with Crippen LogP contribution in [0.2, 0.25) is 0 Å². The summed E-state index contributed by atoms with van der Waals surface area (Å²) in [6, 6.07) is 8.68. The van der Waals surface area contributed by atoms with Gasteiger partial charge in [0.25, 0.3) is 0 Å². The first-order valence-corrected chi connectivity index (χ1v) is 6.01. The van der Waals surface area contributed by atoms with Gasteiger partial charge >= 0.3 is 0 Å². The molecule has 0 amide bonds. The minimum Gasteiger partial charge on any atom is -0.245 e. The zero-order chi connectivity index (χ0) is 10.9. The fraction of sp³-hybridized carbons (Fsp3) is 0.308. The van der Waals surface area contributed by atoms with Crippen molar-refractivity contribution in [2.75, 3.05) is 0 Å². The number of hydrogen-bond donors (Lipinski definition) is 0. The van der Waals surface area contributed by atoms with Gasteiger partial charge < -0.3 is 0 Å². The fourth-order valence-electron chi connectivity index (χ4n) is 1.50. The second kappa shape index (κ2) is 3.78. The van der Waals surface area contributed by atoms with Crippen LogP contribution in [0.5, 0.6) is 0 Å². The standard InChI is InChI=1S/C13H15NS/c1-13(2,3)11-6-4-10(5-7-11)12-8-15-9-14-12/h4-9H,1-3H3. The Kier molecular flexibility index (Phi) is 2.61. The zero-order valence-corrected chi connectivity index (χ0v) is 10.1. The molecule has 0 radical (unpaired) electrons. The lowest BCUT2D eigenvalue weighted by atomic mass is 9.86. The Labute approximate surface area is 94.8 Å². The molecule has 0 bridgehead atoms. The Morgan fingerprint density at radius 2 is 1.73 bits per heavy atom. The van der Waals surface area contributed by atoms with Crippen LogP contribution in [0.3, 0.4) is 0 Å². The molecule has 0 saturated heterocycles. The van der Waals surface area contributed by atoms with Crippen molar-refractivity contribution in [3.63, 3.8) is 0 Å². The van der Waals surface area contributed by atoms with Crippen molar-refractivity contribution in [2.45, 2.75) is 26.2 Å². The van der Waals surface area contributed by atoms with Crippen molar-refractivity contribution in [3.05, 3.63) is 40.7 Å². The van der Waals surface area contributed by atoms with Crippen molar-refractivity contribution in [2.24, 2.45) is 0 Å². The Hall–Kier alpha value is -1.15. The minimum absolute atomic E-state index is 0.223. The molecule has 78 valence electrons. The molecule has 0 aliphatic heterocycles. The summed E-state index contributed by atoms with van der Waals surface area (Å²) in [7, 11) is 0. The summed E-state index contributed by atoms with van der Waals surface area (Å²) < 4.78 is 0. The van der Waals surface area contributed by atoms with E-state index in [9.17, 15) is 0 Å². The van der Waals surface area contributed by atoms with Gasteiger partial charge in [0.2, 0.25) is 0 Å². The third-order valence-corrected chi connectivity index (χ3v) is 3.07. The zero-order valence-electron chi connectivity index (χ0n) is 9.32. The molecule has 2 aromatic rings. The molecule has 2 rings (SSSR count). The summed E-state index contributed by atoms with van der Waals surface area (Å²) in [4.78, 5) is 4.30. The van der Waals surface area contributed by atoms with E-state index < -0.39 is 0 Å². The number of nitrogens with zero attached hydrogens (tertiary/aromatic N) is 1. The second-order valence-electron chi connectivity index (χ2n) is 4.70. The van der Waals surface area contributed by atoms with E-state index in [2.05, 4.69) is 55.4 Å². The SMILES string of the molecule is CC(C)(C)c1ccc(-c2cscn2)cc1. The van der Waals surface area contributed by atoms with Gasteiger partial charge in [-0.05, 0) is 11.0 Å². The Morgan fingerprint density at radius 1 is 1.07 bits per heavy atom. The Bertz CT molecular complexity index is 421. The molecule has 0 N–H and O–H groups in total. The van der Waals surface area contributed by atoms with Crippen molar-refractivity contribution >= 4 is 11.3 Å². The van der Waals surface area contributed by atoms with Gasteiger partial charge in [-0.2, -0.15) is 0 Å². The van der Waals surface area contributed by atoms with E-state index >= 15 is 0 Å². The monoisotopic (exact) mass is 217 g/mol. The van der Waals surface area contributed by atoms with Gasteiger partial charge in [0.15, 0.2) is 0 Å². The molecule has 0 aliphatic carbocycles. The van der Waals surface area contributed by atoms with Gasteiger partial charge in [0, 0.05) is 10.9 Å². The molecule has 1 nitrogen and oxygen atoms in total. The predicted octanol–water partition coefficient (Wildman–Crippen LogP) is 4.11. The molecular formula is C13H15NS. The number of aromatic nitrogens is 1. The molecule has 1 aromatic carbocycles. The van der Waals surface area contributed by atoms with Crippen LogP contribution in [-0.2, 0) is 5.41 Å². The second-order valence-corrected chi connectivity index (χ2v) is 5.42. The molecule has 0 spiro atoms. The highest BCUT2D eigenvalue weighted by Crippen LogP contribution is 2.25. The lowest BCUT2D eigenvalue weighted by Crippen LogP contribution is -2.10. The average Bonchev–Trinajstić information content (AvgIpc) is 2.69. The number of benzene rings is 1. The van der Waals surface area contributed by atoms with E-state index in [1.165, 1.54) is 11.1 Å². The first kappa shape index (κ1) is 10.4. The quantitative estimate of drug-likeness (QED) is 0.700. The molecule has 2 heteroatoms. The molecule has 1 heterocycles. The van der Waals surface area contributed by atoms with Gasteiger partial charge in [-0.15, -0.1) is 11.3 Å². The van der Waals surface area contributed by atoms with Crippen LogP contribution < -0.4 is 0 Å². The average molecular weight is 217 g/mol. The molecule has 0 atom stereocenters. The smallest absolute Gasteiger partial charge is 0.0811 e. The van der Waals surface area contributed by atoms with Gasteiger partial charge in [-0.25, -0.2) is 4.98 Å². The fourth-order valence-corrected chi connectivity index (χ4v) is 2.06. The maximum Gasteiger partial charge on any atom is 0.0811 e. The molecular weight excluding hydrogens is 202 g/mol. The maximum absolute atomic E-state index is 4.30. The molecule has 0 fully saturated rings. The summed E-state index contributed by atoms with van der Waals surface area (Å²) in [5.74, 6) is 0. The van der Waals surface area contributed by atoms with Crippen molar-refractivity contribution < 1.29 is 0 Å². The van der Waals surface area contributed by atoms with Crippen LogP contribution in [-0.4, -0.2) is 4.98 Å². The van der Waals surface area contributed by atoms with E-state index in [4.69, 9.17) is 0 Å². The normalized spacial score (nSPS) is 11.7. The van der Waals surface area contributed by atoms with Gasteiger partial charge in [0.1, 0.15) is 0 Å². The van der Waals surface area contributed by atoms with Crippen LogP contribution in [0, 0.1) is 0 Å².